The van der Waals surface area contributed by atoms with E-state index < -0.39 is 15.0 Å². The van der Waals surface area contributed by atoms with Gasteiger partial charge in [-0.15, -0.1) is 0 Å². The Morgan fingerprint density at radius 3 is 1.71 bits per heavy atom. The van der Waals surface area contributed by atoms with Gasteiger partial charge in [0.25, 0.3) is 0 Å². The van der Waals surface area contributed by atoms with Gasteiger partial charge >= 0.3 is 99.6 Å². The number of halogens is 4. The van der Waals surface area contributed by atoms with Crippen LogP contribution in [0.2, 0.25) is 0 Å². The fraction of sp³-hybridized carbons (Fsp3) is 0.100. The van der Waals surface area contributed by atoms with Crippen molar-refractivity contribution in [3.8, 4) is 0 Å². The molecule has 0 N–H and O–H groups in total. The van der Waals surface area contributed by atoms with Crippen molar-refractivity contribution >= 4 is 72.0 Å². The average Bonchev–Trinajstić information content (AvgIpc) is 2.77. The molecule has 2 heterocycles. The zero-order chi connectivity index (χ0) is 25.6. The van der Waals surface area contributed by atoms with E-state index in [0.717, 1.165) is 11.4 Å². The second kappa shape index (κ2) is 19.3. The second-order valence-electron chi connectivity index (χ2n) is 6.12. The Labute approximate surface area is 259 Å². The minimum Gasteiger partial charge on any atom is 1.00 e. The molecule has 0 amide bonds. The van der Waals surface area contributed by atoms with E-state index in [1.807, 2.05) is 38.1 Å². The zero-order valence-corrected chi connectivity index (χ0v) is 27.4. The van der Waals surface area contributed by atoms with E-state index in [0.29, 0.717) is 17.1 Å². The summed E-state index contributed by atoms with van der Waals surface area (Å²) in [4.78, 5) is 16.4. The third-order valence-corrected chi connectivity index (χ3v) is 4.58. The van der Waals surface area contributed by atoms with Gasteiger partial charge in [0, 0.05) is 11.4 Å². The molecule has 2 aromatic heterocycles. The molecule has 1 aromatic carbocycles. The van der Waals surface area contributed by atoms with Crippen LogP contribution in [0.1, 0.15) is 22.8 Å². The van der Waals surface area contributed by atoms with Gasteiger partial charge in [0.05, 0.1) is 40.1 Å². The number of benzene rings is 1. The van der Waals surface area contributed by atoms with Crippen LogP contribution in [0, 0.1) is 13.8 Å². The van der Waals surface area contributed by atoms with Gasteiger partial charge in [-0.2, -0.15) is 0 Å². The van der Waals surface area contributed by atoms with Gasteiger partial charge in [0.15, 0.2) is 0 Å². The number of aliphatic imine (C=N–C) groups is 2. The molecule has 0 atom stereocenters. The maximum Gasteiger partial charge on any atom is 1.00 e. The van der Waals surface area contributed by atoms with Crippen molar-refractivity contribution in [1.82, 2.24) is 9.97 Å². The van der Waals surface area contributed by atoms with Gasteiger partial charge < -0.3 is 4.55 Å². The predicted octanol–water partition coefficient (Wildman–Crippen LogP) is 3.26. The third-order valence-electron chi connectivity index (χ3n) is 3.71. The van der Waals surface area contributed by atoms with E-state index in [2.05, 4.69) is 20.0 Å². The first-order valence-corrected chi connectivity index (χ1v) is 18.3. The van der Waals surface area contributed by atoms with Gasteiger partial charge in [-0.1, -0.05) is 12.1 Å². The molecule has 0 aliphatic carbocycles. The molecule has 3 rings (SSSR count). The van der Waals surface area contributed by atoms with Crippen LogP contribution in [0.3, 0.4) is 0 Å². The Kier molecular flexibility index (Phi) is 19.5. The summed E-state index contributed by atoms with van der Waals surface area (Å²) in [5.41, 5.74) is 3.16. The van der Waals surface area contributed by atoms with Crippen LogP contribution in [0.25, 0.3) is 0 Å². The summed E-state index contributed by atoms with van der Waals surface area (Å²) in [6.07, 6.45) is 2.92. The molecular formula is C20H17Cl4N4NaO3Pd2S. The Morgan fingerprint density at radius 1 is 0.829 bits per heavy atom. The van der Waals surface area contributed by atoms with Crippen LogP contribution >= 0.6 is 38.1 Å². The van der Waals surface area contributed by atoms with Crippen LogP contribution < -0.4 is 29.6 Å². The first kappa shape index (κ1) is 35.3. The molecule has 3 aromatic rings. The summed E-state index contributed by atoms with van der Waals surface area (Å²) >= 11 is -0.211. The molecule has 0 saturated carbocycles. The fourth-order valence-electron chi connectivity index (χ4n) is 2.44. The van der Waals surface area contributed by atoms with E-state index in [1.54, 1.807) is 18.2 Å². The smallest absolute Gasteiger partial charge is 1.00 e. The molecule has 0 saturated heterocycles. The fourth-order valence-corrected chi connectivity index (χ4v) is 3.08. The summed E-state index contributed by atoms with van der Waals surface area (Å²) in [6.45, 7) is 3.69. The zero-order valence-electron chi connectivity index (χ0n) is 18.4. The number of hydrogen-bond donors (Lipinski definition) is 0. The van der Waals surface area contributed by atoms with Crippen molar-refractivity contribution in [1.29, 1.82) is 0 Å². The third kappa shape index (κ3) is 14.7. The number of nitrogens with zero attached hydrogens (tertiary/aromatic N) is 4. The minimum absolute atomic E-state index is 0. The number of hydrogen-bond acceptors (Lipinski definition) is 7. The van der Waals surface area contributed by atoms with E-state index >= 15 is 0 Å². The van der Waals surface area contributed by atoms with Gasteiger partial charge in [0.2, 0.25) is 0 Å². The Hall–Kier alpha value is 0.255. The summed E-state index contributed by atoms with van der Waals surface area (Å²) < 4.78 is 35.0. The maximum absolute atomic E-state index is 11.7. The molecular weight excluding hydrogens is 754 g/mol. The van der Waals surface area contributed by atoms with E-state index in [9.17, 15) is 13.0 Å². The summed E-state index contributed by atoms with van der Waals surface area (Å²) in [5, 5.41) is 0. The van der Waals surface area contributed by atoms with Crippen molar-refractivity contribution in [2.45, 2.75) is 18.7 Å². The maximum atomic E-state index is 11.7. The van der Waals surface area contributed by atoms with Gasteiger partial charge in [-0.05, 0) is 56.3 Å². The SMILES string of the molecule is Cc1cccc(C=Nc2ccc(N=Cc3cccc(C)n3)c(S(=O)(=O)[O-])c2)n1.[Cl][Pd][Cl].[Cl][Pd][Cl].[Na+]. The monoisotopic (exact) mass is 768 g/mol. The minimum atomic E-state index is -4.73. The Bertz CT molecular complexity index is 1240. The molecule has 7 nitrogen and oxygen atoms in total. The number of aromatic nitrogens is 2. The van der Waals surface area contributed by atoms with Crippen molar-refractivity contribution in [3.63, 3.8) is 0 Å². The number of pyridine rings is 2. The summed E-state index contributed by atoms with van der Waals surface area (Å²) in [7, 11) is 14.5. The normalized spacial score (nSPS) is 10.9. The molecule has 0 radical (unpaired) electrons. The van der Waals surface area contributed by atoms with Gasteiger partial charge in [0.1, 0.15) is 10.1 Å². The van der Waals surface area contributed by atoms with Crippen molar-refractivity contribution in [3.05, 3.63) is 77.4 Å². The first-order chi connectivity index (χ1) is 16.1. The summed E-state index contributed by atoms with van der Waals surface area (Å²) in [6, 6.07) is 15.1. The molecule has 15 heteroatoms. The Balaban J connectivity index is 0.00000150. The van der Waals surface area contributed by atoms with E-state index in [-0.39, 0.29) is 67.1 Å². The largest absolute Gasteiger partial charge is 1.00 e. The number of aryl methyl sites for hydroxylation is 2. The summed E-state index contributed by atoms with van der Waals surface area (Å²) in [5.74, 6) is 0. The topological polar surface area (TPSA) is 108 Å². The average molecular weight is 771 g/mol. The van der Waals surface area contributed by atoms with Crippen molar-refractivity contribution in [2.24, 2.45) is 9.98 Å². The van der Waals surface area contributed by atoms with Crippen LogP contribution in [0.15, 0.2) is 69.5 Å². The van der Waals surface area contributed by atoms with Gasteiger partial charge in [-0.3, -0.25) is 20.0 Å². The van der Waals surface area contributed by atoms with E-state index in [1.165, 1.54) is 24.6 Å². The quantitative estimate of drug-likeness (QED) is 0.225. The van der Waals surface area contributed by atoms with Gasteiger partial charge in [-0.25, -0.2) is 8.42 Å². The van der Waals surface area contributed by atoms with Crippen LogP contribution in [0.5, 0.6) is 0 Å². The van der Waals surface area contributed by atoms with Crippen molar-refractivity contribution in [2.75, 3.05) is 0 Å². The molecule has 0 spiro atoms. The molecule has 0 aliphatic heterocycles. The first-order valence-electron chi connectivity index (χ1n) is 8.84. The predicted molar refractivity (Wildman–Crippen MR) is 130 cm³/mol. The van der Waals surface area contributed by atoms with Crippen LogP contribution in [-0.4, -0.2) is 35.4 Å². The second-order valence-corrected chi connectivity index (χ2v) is 12.2. The molecule has 0 fully saturated rings. The molecule has 190 valence electrons. The molecule has 35 heavy (non-hydrogen) atoms. The molecule has 0 bridgehead atoms. The number of rotatable bonds is 5. The van der Waals surface area contributed by atoms with E-state index in [4.69, 9.17) is 38.1 Å². The Morgan fingerprint density at radius 2 is 1.29 bits per heavy atom. The van der Waals surface area contributed by atoms with Crippen LogP contribution in [0.4, 0.5) is 11.4 Å². The molecule has 0 aliphatic rings. The van der Waals surface area contributed by atoms with Crippen molar-refractivity contribution < 1.29 is 74.4 Å². The van der Waals surface area contributed by atoms with Crippen LogP contribution in [-0.2, 0) is 42.0 Å². The molecule has 0 unspecified atom stereocenters. The standard InChI is InChI=1S/C20H18N4O3S.4ClH.Na.2Pd/c1-14-5-3-7-17(23-14)12-21-16-9-10-19(20(11-16)28(25,26)27)22-13-18-8-4-6-15(2)24-18;;;;;;;/h3-13H,1-2H3,(H,25,26,27);4*1H;;;/q;;;;;+1;2*+2/p-5.